The molecule has 0 saturated carbocycles. The lowest BCUT2D eigenvalue weighted by Crippen LogP contribution is -2.48. The number of ether oxygens (including phenoxy) is 2. The Kier molecular flexibility index (Phi) is 3.35. The van der Waals surface area contributed by atoms with Crippen LogP contribution in [-0.2, 0) is 9.47 Å². The zero-order chi connectivity index (χ0) is 14.2. The fourth-order valence-electron chi connectivity index (χ4n) is 2.75. The van der Waals surface area contributed by atoms with Crippen molar-refractivity contribution in [3.8, 4) is 0 Å². The molecule has 0 atom stereocenters. The van der Waals surface area contributed by atoms with Crippen LogP contribution in [0.15, 0.2) is 17.1 Å². The Morgan fingerprint density at radius 1 is 1.30 bits per heavy atom. The van der Waals surface area contributed by atoms with E-state index in [2.05, 4.69) is 4.98 Å². The van der Waals surface area contributed by atoms with E-state index in [1.165, 1.54) is 12.3 Å². The van der Waals surface area contributed by atoms with E-state index in [9.17, 15) is 9.59 Å². The van der Waals surface area contributed by atoms with Gasteiger partial charge in [-0.05, 0) is 6.92 Å². The molecule has 0 unspecified atom stereocenters. The van der Waals surface area contributed by atoms with Gasteiger partial charge in [0.1, 0.15) is 5.56 Å². The van der Waals surface area contributed by atoms with E-state index in [4.69, 9.17) is 9.47 Å². The van der Waals surface area contributed by atoms with Crippen LogP contribution in [0.5, 0.6) is 0 Å². The SMILES string of the molecule is Cc1cc(=O)c(C(=O)N2CCC3(CC2)OCCO3)c[nH]1. The summed E-state index contributed by atoms with van der Waals surface area (Å²) < 4.78 is 11.3. The Morgan fingerprint density at radius 2 is 1.95 bits per heavy atom. The number of piperidine rings is 1. The zero-order valence-corrected chi connectivity index (χ0v) is 11.5. The van der Waals surface area contributed by atoms with E-state index in [0.29, 0.717) is 39.1 Å². The number of aromatic nitrogens is 1. The van der Waals surface area contributed by atoms with Crippen LogP contribution >= 0.6 is 0 Å². The van der Waals surface area contributed by atoms with Crippen molar-refractivity contribution >= 4 is 5.91 Å². The number of likely N-dealkylation sites (tertiary alicyclic amines) is 1. The predicted molar refractivity (Wildman–Crippen MR) is 71.6 cm³/mol. The van der Waals surface area contributed by atoms with Crippen LogP contribution < -0.4 is 5.43 Å². The number of nitrogens with one attached hydrogen (secondary N) is 1. The van der Waals surface area contributed by atoms with Crippen LogP contribution in [0.25, 0.3) is 0 Å². The van der Waals surface area contributed by atoms with Crippen LogP contribution in [0.3, 0.4) is 0 Å². The number of aromatic amines is 1. The molecule has 2 saturated heterocycles. The average molecular weight is 278 g/mol. The zero-order valence-electron chi connectivity index (χ0n) is 11.5. The van der Waals surface area contributed by atoms with Gasteiger partial charge in [-0.2, -0.15) is 0 Å². The molecule has 2 aliphatic rings. The summed E-state index contributed by atoms with van der Waals surface area (Å²) in [7, 11) is 0. The van der Waals surface area contributed by atoms with Gasteiger partial charge < -0.3 is 19.4 Å². The Hall–Kier alpha value is -1.66. The summed E-state index contributed by atoms with van der Waals surface area (Å²) >= 11 is 0. The smallest absolute Gasteiger partial charge is 0.259 e. The number of H-pyrrole nitrogens is 1. The fraction of sp³-hybridized carbons (Fsp3) is 0.571. The van der Waals surface area contributed by atoms with Crippen molar-refractivity contribution in [3.05, 3.63) is 33.7 Å². The molecule has 3 rings (SSSR count). The minimum atomic E-state index is -0.503. The lowest BCUT2D eigenvalue weighted by atomic mass is 10.0. The van der Waals surface area contributed by atoms with Gasteiger partial charge in [-0.15, -0.1) is 0 Å². The number of nitrogens with zero attached hydrogens (tertiary/aromatic N) is 1. The van der Waals surface area contributed by atoms with Gasteiger partial charge in [0.2, 0.25) is 0 Å². The van der Waals surface area contributed by atoms with Crippen LogP contribution in [0, 0.1) is 6.92 Å². The van der Waals surface area contributed by atoms with E-state index >= 15 is 0 Å². The lowest BCUT2D eigenvalue weighted by Gasteiger charge is -2.37. The van der Waals surface area contributed by atoms with E-state index in [1.807, 2.05) is 0 Å². The quantitative estimate of drug-likeness (QED) is 0.819. The molecule has 1 spiro atoms. The maximum absolute atomic E-state index is 12.4. The Labute approximate surface area is 116 Å². The van der Waals surface area contributed by atoms with Crippen LogP contribution in [0.1, 0.15) is 28.9 Å². The number of hydrogen-bond donors (Lipinski definition) is 1. The van der Waals surface area contributed by atoms with Crippen molar-refractivity contribution in [2.75, 3.05) is 26.3 Å². The maximum atomic E-state index is 12.4. The van der Waals surface area contributed by atoms with Crippen LogP contribution in [0.4, 0.5) is 0 Å². The largest absolute Gasteiger partial charge is 0.364 e. The standard InChI is InChI=1S/C14H18N2O4/c1-10-8-12(17)11(9-15-10)13(18)16-4-2-14(3-5-16)19-6-7-20-14/h8-9H,2-7H2,1H3,(H,15,17). The summed E-state index contributed by atoms with van der Waals surface area (Å²) in [6.45, 7) is 4.12. The number of amides is 1. The summed E-state index contributed by atoms with van der Waals surface area (Å²) in [5.41, 5.74) is 0.705. The fourth-order valence-corrected chi connectivity index (χ4v) is 2.75. The van der Waals surface area contributed by atoms with Crippen molar-refractivity contribution in [1.29, 1.82) is 0 Å². The van der Waals surface area contributed by atoms with E-state index < -0.39 is 5.79 Å². The molecular weight excluding hydrogens is 260 g/mol. The number of rotatable bonds is 1. The monoisotopic (exact) mass is 278 g/mol. The van der Waals surface area contributed by atoms with Gasteiger partial charge in [0, 0.05) is 43.9 Å². The highest BCUT2D eigenvalue weighted by molar-refractivity contribution is 5.93. The van der Waals surface area contributed by atoms with Gasteiger partial charge in [0.15, 0.2) is 11.2 Å². The van der Waals surface area contributed by atoms with Crippen LogP contribution in [0.2, 0.25) is 0 Å². The van der Waals surface area contributed by atoms with Crippen LogP contribution in [-0.4, -0.2) is 47.9 Å². The third-order valence-electron chi connectivity index (χ3n) is 3.91. The normalized spacial score (nSPS) is 21.4. The first-order chi connectivity index (χ1) is 9.60. The highest BCUT2D eigenvalue weighted by Gasteiger charge is 2.41. The summed E-state index contributed by atoms with van der Waals surface area (Å²) in [6, 6.07) is 1.45. The summed E-state index contributed by atoms with van der Waals surface area (Å²) in [4.78, 5) is 28.8. The first kappa shape index (κ1) is 13.3. The third-order valence-corrected chi connectivity index (χ3v) is 3.91. The molecule has 1 aromatic rings. The molecule has 0 radical (unpaired) electrons. The van der Waals surface area contributed by atoms with Gasteiger partial charge in [-0.25, -0.2) is 0 Å². The second kappa shape index (κ2) is 5.03. The molecule has 6 nitrogen and oxygen atoms in total. The van der Waals surface area contributed by atoms with Gasteiger partial charge in [-0.3, -0.25) is 9.59 Å². The molecule has 20 heavy (non-hydrogen) atoms. The predicted octanol–water partition coefficient (Wildman–Crippen LogP) is 0.662. The van der Waals surface area contributed by atoms with Crippen molar-refractivity contribution < 1.29 is 14.3 Å². The number of pyridine rings is 1. The van der Waals surface area contributed by atoms with Crippen molar-refractivity contribution in [3.63, 3.8) is 0 Å². The van der Waals surface area contributed by atoms with E-state index in [-0.39, 0.29) is 16.9 Å². The minimum absolute atomic E-state index is 0.194. The van der Waals surface area contributed by atoms with Crippen molar-refractivity contribution in [2.24, 2.45) is 0 Å². The van der Waals surface area contributed by atoms with Gasteiger partial charge in [0.25, 0.3) is 5.91 Å². The Bertz CT molecular complexity index is 565. The summed E-state index contributed by atoms with van der Waals surface area (Å²) in [5.74, 6) is -0.727. The molecule has 2 fully saturated rings. The number of carbonyl (C=O) groups excluding carboxylic acids is 1. The highest BCUT2D eigenvalue weighted by atomic mass is 16.7. The highest BCUT2D eigenvalue weighted by Crippen LogP contribution is 2.31. The van der Waals surface area contributed by atoms with Crippen molar-refractivity contribution in [1.82, 2.24) is 9.88 Å². The number of carbonyl (C=O) groups is 1. The molecule has 0 aromatic carbocycles. The number of aryl methyl sites for hydroxylation is 1. The molecule has 108 valence electrons. The molecule has 6 heteroatoms. The second-order valence-corrected chi connectivity index (χ2v) is 5.29. The third kappa shape index (κ3) is 2.36. The molecule has 1 aromatic heterocycles. The molecule has 1 N–H and O–H groups in total. The summed E-state index contributed by atoms with van der Waals surface area (Å²) in [6.07, 6.45) is 2.80. The first-order valence-corrected chi connectivity index (χ1v) is 6.86. The van der Waals surface area contributed by atoms with Crippen molar-refractivity contribution in [2.45, 2.75) is 25.6 Å². The molecule has 2 aliphatic heterocycles. The second-order valence-electron chi connectivity index (χ2n) is 5.29. The molecule has 1 amide bonds. The lowest BCUT2D eigenvalue weighted by molar-refractivity contribution is -0.181. The number of hydrogen-bond acceptors (Lipinski definition) is 4. The average Bonchev–Trinajstić information content (AvgIpc) is 2.87. The van der Waals surface area contributed by atoms with Gasteiger partial charge in [0.05, 0.1) is 13.2 Å². The minimum Gasteiger partial charge on any atom is -0.364 e. The molecule has 0 bridgehead atoms. The molecule has 3 heterocycles. The topological polar surface area (TPSA) is 71.6 Å². The Morgan fingerprint density at radius 3 is 2.55 bits per heavy atom. The first-order valence-electron chi connectivity index (χ1n) is 6.86. The molecule has 0 aliphatic carbocycles. The Balaban J connectivity index is 1.71. The summed E-state index contributed by atoms with van der Waals surface area (Å²) in [5, 5.41) is 0. The maximum Gasteiger partial charge on any atom is 0.259 e. The molecular formula is C14H18N2O4. The van der Waals surface area contributed by atoms with E-state index in [1.54, 1.807) is 11.8 Å². The van der Waals surface area contributed by atoms with Gasteiger partial charge >= 0.3 is 0 Å². The van der Waals surface area contributed by atoms with Gasteiger partial charge in [-0.1, -0.05) is 0 Å². The van der Waals surface area contributed by atoms with E-state index in [0.717, 1.165) is 5.69 Å².